The van der Waals surface area contributed by atoms with Gasteiger partial charge < -0.3 is 9.73 Å². The van der Waals surface area contributed by atoms with Gasteiger partial charge in [0.2, 0.25) is 11.1 Å². The largest absolute Gasteiger partial charge is 0.465 e. The molecule has 3 aromatic rings. The highest BCUT2D eigenvalue weighted by atomic mass is 32.2. The Morgan fingerprint density at radius 2 is 2.14 bits per heavy atom. The van der Waals surface area contributed by atoms with Crippen molar-refractivity contribution in [3.63, 3.8) is 0 Å². The Morgan fingerprint density at radius 3 is 2.97 bits per heavy atom. The number of H-pyrrole nitrogens is 1. The Hall–Kier alpha value is -2.80. The maximum absolute atomic E-state index is 12.4. The Labute approximate surface area is 174 Å². The third kappa shape index (κ3) is 5.17. The van der Waals surface area contributed by atoms with Crippen molar-refractivity contribution in [3.05, 3.63) is 64.9 Å². The number of aromatic amines is 1. The molecule has 0 saturated heterocycles. The van der Waals surface area contributed by atoms with E-state index in [0.717, 1.165) is 17.7 Å². The Balaban J connectivity index is 1.28. The lowest BCUT2D eigenvalue weighted by Crippen LogP contribution is -2.28. The van der Waals surface area contributed by atoms with Crippen molar-refractivity contribution in [2.75, 3.05) is 5.75 Å². The van der Waals surface area contributed by atoms with E-state index in [1.54, 1.807) is 12.3 Å². The SMILES string of the molecule is CC(NC(=O)CSc1n[nH]c(C=Cc2ccco2)n1)c1ccc2c(c1)CCCC2. The number of amides is 1. The van der Waals surface area contributed by atoms with Gasteiger partial charge in [0.25, 0.3) is 0 Å². The first-order valence-corrected chi connectivity index (χ1v) is 10.8. The summed E-state index contributed by atoms with van der Waals surface area (Å²) in [5.74, 6) is 1.60. The quantitative estimate of drug-likeness (QED) is 0.566. The van der Waals surface area contributed by atoms with Crippen molar-refractivity contribution in [2.45, 2.75) is 43.8 Å². The number of carbonyl (C=O) groups is 1. The Kier molecular flexibility index (Phi) is 6.14. The second kappa shape index (κ2) is 9.13. The molecule has 2 heterocycles. The molecule has 1 aliphatic rings. The summed E-state index contributed by atoms with van der Waals surface area (Å²) in [6.07, 6.45) is 10.0. The van der Waals surface area contributed by atoms with Crippen molar-refractivity contribution in [1.29, 1.82) is 0 Å². The highest BCUT2D eigenvalue weighted by Gasteiger charge is 2.15. The average Bonchev–Trinajstić information content (AvgIpc) is 3.42. The monoisotopic (exact) mass is 408 g/mol. The predicted octanol–water partition coefficient (Wildman–Crippen LogP) is 4.42. The summed E-state index contributed by atoms with van der Waals surface area (Å²) in [5.41, 5.74) is 4.04. The molecule has 1 aliphatic carbocycles. The fourth-order valence-corrected chi connectivity index (χ4v) is 4.08. The number of furan rings is 1. The van der Waals surface area contributed by atoms with Crippen molar-refractivity contribution in [2.24, 2.45) is 0 Å². The van der Waals surface area contributed by atoms with Crippen LogP contribution >= 0.6 is 11.8 Å². The fraction of sp³-hybridized carbons (Fsp3) is 0.318. The molecule has 29 heavy (non-hydrogen) atoms. The van der Waals surface area contributed by atoms with Crippen LogP contribution in [0.3, 0.4) is 0 Å². The number of hydrogen-bond donors (Lipinski definition) is 2. The van der Waals surface area contributed by atoms with Gasteiger partial charge in [0.15, 0.2) is 0 Å². The summed E-state index contributed by atoms with van der Waals surface area (Å²) in [6, 6.07) is 10.3. The first kappa shape index (κ1) is 19.5. The molecule has 0 aliphatic heterocycles. The van der Waals surface area contributed by atoms with Gasteiger partial charge in [0, 0.05) is 0 Å². The topological polar surface area (TPSA) is 83.8 Å². The number of thioether (sulfide) groups is 1. The summed E-state index contributed by atoms with van der Waals surface area (Å²) in [5, 5.41) is 10.6. The van der Waals surface area contributed by atoms with E-state index in [-0.39, 0.29) is 17.7 Å². The minimum absolute atomic E-state index is 0.0192. The lowest BCUT2D eigenvalue weighted by molar-refractivity contribution is -0.119. The molecular formula is C22H24N4O2S. The van der Waals surface area contributed by atoms with Gasteiger partial charge in [-0.05, 0) is 73.6 Å². The van der Waals surface area contributed by atoms with Gasteiger partial charge in [-0.25, -0.2) is 4.98 Å². The maximum Gasteiger partial charge on any atom is 0.230 e. The van der Waals surface area contributed by atoms with Gasteiger partial charge in [-0.15, -0.1) is 5.10 Å². The second-order valence-corrected chi connectivity index (χ2v) is 8.11. The molecule has 1 amide bonds. The normalized spacial score (nSPS) is 14.7. The molecule has 0 radical (unpaired) electrons. The van der Waals surface area contributed by atoms with E-state index in [1.165, 1.54) is 42.2 Å². The van der Waals surface area contributed by atoms with Crippen LogP contribution in [0.1, 0.15) is 54.1 Å². The summed E-state index contributed by atoms with van der Waals surface area (Å²) in [4.78, 5) is 16.7. The van der Waals surface area contributed by atoms with Gasteiger partial charge in [-0.2, -0.15) is 0 Å². The Bertz CT molecular complexity index is 994. The van der Waals surface area contributed by atoms with Crippen LogP contribution < -0.4 is 5.32 Å². The van der Waals surface area contributed by atoms with Crippen molar-refractivity contribution in [3.8, 4) is 0 Å². The molecule has 0 fully saturated rings. The van der Waals surface area contributed by atoms with Crippen LogP contribution in [0.2, 0.25) is 0 Å². The molecule has 6 nitrogen and oxygen atoms in total. The standard InChI is InChI=1S/C22H24N4O2S/c1-15(17-9-8-16-5-2-3-6-18(16)13-17)23-21(27)14-29-22-24-20(25-26-22)11-10-19-7-4-12-28-19/h4,7-13,15H,2-3,5-6,14H2,1H3,(H,23,27)(H,24,25,26). The molecule has 150 valence electrons. The summed E-state index contributed by atoms with van der Waals surface area (Å²) >= 11 is 1.31. The smallest absolute Gasteiger partial charge is 0.230 e. The van der Waals surface area contributed by atoms with Gasteiger partial charge in [-0.1, -0.05) is 30.0 Å². The molecule has 1 aromatic carbocycles. The second-order valence-electron chi connectivity index (χ2n) is 7.17. The number of hydrogen-bond acceptors (Lipinski definition) is 5. The van der Waals surface area contributed by atoms with Crippen LogP contribution in [0, 0.1) is 0 Å². The van der Waals surface area contributed by atoms with E-state index in [2.05, 4.69) is 38.7 Å². The van der Waals surface area contributed by atoms with Crippen molar-refractivity contribution in [1.82, 2.24) is 20.5 Å². The van der Waals surface area contributed by atoms with Crippen LogP contribution in [-0.4, -0.2) is 26.8 Å². The molecule has 7 heteroatoms. The zero-order chi connectivity index (χ0) is 20.1. The maximum atomic E-state index is 12.4. The summed E-state index contributed by atoms with van der Waals surface area (Å²) in [6.45, 7) is 2.03. The fourth-order valence-electron chi connectivity index (χ4n) is 3.46. The van der Waals surface area contributed by atoms with E-state index in [0.29, 0.717) is 11.0 Å². The average molecular weight is 409 g/mol. The molecule has 2 aromatic heterocycles. The van der Waals surface area contributed by atoms with Gasteiger partial charge >= 0.3 is 0 Å². The molecular weight excluding hydrogens is 384 g/mol. The van der Waals surface area contributed by atoms with E-state index < -0.39 is 0 Å². The third-order valence-corrected chi connectivity index (χ3v) is 5.86. The highest BCUT2D eigenvalue weighted by Crippen LogP contribution is 2.25. The summed E-state index contributed by atoms with van der Waals surface area (Å²) in [7, 11) is 0. The number of aromatic nitrogens is 3. The number of nitrogens with zero attached hydrogens (tertiary/aromatic N) is 2. The lowest BCUT2D eigenvalue weighted by atomic mass is 9.89. The summed E-state index contributed by atoms with van der Waals surface area (Å²) < 4.78 is 5.24. The Morgan fingerprint density at radius 1 is 1.28 bits per heavy atom. The number of benzene rings is 1. The van der Waals surface area contributed by atoms with E-state index in [1.807, 2.05) is 25.1 Å². The van der Waals surface area contributed by atoms with E-state index in [9.17, 15) is 4.79 Å². The number of carbonyl (C=O) groups excluding carboxylic acids is 1. The first-order chi connectivity index (χ1) is 14.2. The molecule has 1 atom stereocenters. The number of nitrogens with one attached hydrogen (secondary N) is 2. The lowest BCUT2D eigenvalue weighted by Gasteiger charge is -2.20. The van der Waals surface area contributed by atoms with Gasteiger partial charge in [0.1, 0.15) is 11.6 Å². The van der Waals surface area contributed by atoms with Crippen molar-refractivity contribution >= 4 is 29.8 Å². The zero-order valence-electron chi connectivity index (χ0n) is 16.4. The zero-order valence-corrected chi connectivity index (χ0v) is 17.2. The molecule has 0 bridgehead atoms. The van der Waals surface area contributed by atoms with Crippen LogP contribution in [0.4, 0.5) is 0 Å². The van der Waals surface area contributed by atoms with E-state index in [4.69, 9.17) is 4.42 Å². The van der Waals surface area contributed by atoms with Gasteiger partial charge in [-0.3, -0.25) is 9.89 Å². The molecule has 1 unspecified atom stereocenters. The third-order valence-electron chi connectivity index (χ3n) is 5.01. The number of rotatable bonds is 7. The molecule has 0 spiro atoms. The minimum atomic E-state index is -0.0299. The van der Waals surface area contributed by atoms with Gasteiger partial charge in [0.05, 0.1) is 18.1 Å². The molecule has 4 rings (SSSR count). The van der Waals surface area contributed by atoms with Crippen LogP contribution in [0.15, 0.2) is 46.2 Å². The number of aryl methyl sites for hydroxylation is 2. The van der Waals surface area contributed by atoms with Crippen LogP contribution in [0.5, 0.6) is 0 Å². The highest BCUT2D eigenvalue weighted by molar-refractivity contribution is 7.99. The molecule has 0 saturated carbocycles. The van der Waals surface area contributed by atoms with Crippen LogP contribution in [0.25, 0.3) is 12.2 Å². The van der Waals surface area contributed by atoms with E-state index >= 15 is 0 Å². The number of fused-ring (bicyclic) bond motifs is 1. The predicted molar refractivity (Wildman–Crippen MR) is 114 cm³/mol. The molecule has 2 N–H and O–H groups in total. The van der Waals surface area contributed by atoms with Crippen LogP contribution in [-0.2, 0) is 17.6 Å². The van der Waals surface area contributed by atoms with Crippen molar-refractivity contribution < 1.29 is 9.21 Å². The minimum Gasteiger partial charge on any atom is -0.465 e. The first-order valence-electron chi connectivity index (χ1n) is 9.85.